The lowest BCUT2D eigenvalue weighted by atomic mass is 10.1. The Bertz CT molecular complexity index is 1090. The molecule has 1 aliphatic rings. The average molecular weight is 405 g/mol. The second-order valence-electron chi connectivity index (χ2n) is 6.58. The lowest BCUT2D eigenvalue weighted by Gasteiger charge is -2.19. The first-order valence-electron chi connectivity index (χ1n) is 9.11. The summed E-state index contributed by atoms with van der Waals surface area (Å²) in [6.45, 7) is 0.226. The number of aliphatic hydroxyl groups is 1. The van der Waals surface area contributed by atoms with E-state index in [9.17, 15) is 9.90 Å². The largest absolute Gasteiger partial charge is 0.478 e. The van der Waals surface area contributed by atoms with Gasteiger partial charge in [-0.05, 0) is 48.0 Å². The molecule has 0 saturated carbocycles. The number of nitrogens with zero attached hydrogens (tertiary/aromatic N) is 5. The number of carbonyl (C=O) groups is 1. The SMILES string of the molecule is COCC1=NN(c2ccc(C(=O)O)cc2)C(O)/C1=C\c1ccc(-n2cncn2)cc1. The molecular weight excluding hydrogens is 386 g/mol. The van der Waals surface area contributed by atoms with Crippen molar-refractivity contribution in [3.8, 4) is 5.69 Å². The van der Waals surface area contributed by atoms with Crippen molar-refractivity contribution < 1.29 is 19.7 Å². The van der Waals surface area contributed by atoms with Crippen molar-refractivity contribution in [2.75, 3.05) is 18.7 Å². The molecule has 1 atom stereocenters. The number of ether oxygens (including phenoxy) is 1. The summed E-state index contributed by atoms with van der Waals surface area (Å²) in [5, 5.41) is 30.0. The first-order chi connectivity index (χ1) is 14.6. The summed E-state index contributed by atoms with van der Waals surface area (Å²) in [6, 6.07) is 13.8. The van der Waals surface area contributed by atoms with Crippen molar-refractivity contribution in [3.63, 3.8) is 0 Å². The quantitative estimate of drug-likeness (QED) is 0.646. The first-order valence-corrected chi connectivity index (χ1v) is 9.11. The maximum absolute atomic E-state index is 11.1. The molecule has 0 amide bonds. The lowest BCUT2D eigenvalue weighted by molar-refractivity contribution is 0.0697. The number of methoxy groups -OCH3 is 1. The Morgan fingerprint density at radius 3 is 2.43 bits per heavy atom. The summed E-state index contributed by atoms with van der Waals surface area (Å²) in [7, 11) is 1.56. The van der Waals surface area contributed by atoms with Gasteiger partial charge in [-0.25, -0.2) is 19.5 Å². The van der Waals surface area contributed by atoms with Gasteiger partial charge in [0.25, 0.3) is 0 Å². The summed E-state index contributed by atoms with van der Waals surface area (Å²) in [4.78, 5) is 15.0. The molecule has 4 rings (SSSR count). The number of hydrogen-bond donors (Lipinski definition) is 2. The zero-order valence-corrected chi connectivity index (χ0v) is 16.1. The number of rotatable bonds is 6. The smallest absolute Gasteiger partial charge is 0.335 e. The fourth-order valence-electron chi connectivity index (χ4n) is 3.13. The molecule has 0 bridgehead atoms. The van der Waals surface area contributed by atoms with Crippen LogP contribution >= 0.6 is 0 Å². The third-order valence-corrected chi connectivity index (χ3v) is 4.63. The van der Waals surface area contributed by atoms with Crippen LogP contribution in [0.25, 0.3) is 11.8 Å². The maximum atomic E-state index is 11.1. The fourth-order valence-corrected chi connectivity index (χ4v) is 3.13. The van der Waals surface area contributed by atoms with Crippen LogP contribution in [0.1, 0.15) is 15.9 Å². The molecule has 2 aromatic carbocycles. The Balaban J connectivity index is 1.62. The highest BCUT2D eigenvalue weighted by molar-refractivity contribution is 6.08. The van der Waals surface area contributed by atoms with Crippen LogP contribution in [0.2, 0.25) is 0 Å². The second kappa shape index (κ2) is 8.27. The van der Waals surface area contributed by atoms with E-state index in [0.29, 0.717) is 17.0 Å². The summed E-state index contributed by atoms with van der Waals surface area (Å²) in [6.07, 6.45) is 3.90. The van der Waals surface area contributed by atoms with E-state index in [1.54, 1.807) is 30.3 Å². The summed E-state index contributed by atoms with van der Waals surface area (Å²) in [5.74, 6) is -1.01. The van der Waals surface area contributed by atoms with Crippen LogP contribution in [0, 0.1) is 0 Å². The Morgan fingerprint density at radius 1 is 1.13 bits per heavy atom. The maximum Gasteiger partial charge on any atom is 0.335 e. The molecule has 1 aliphatic heterocycles. The molecule has 9 nitrogen and oxygen atoms in total. The minimum atomic E-state index is -1.03. The number of carboxylic acids is 1. The monoisotopic (exact) mass is 405 g/mol. The highest BCUT2D eigenvalue weighted by Gasteiger charge is 2.31. The van der Waals surface area contributed by atoms with Gasteiger partial charge < -0.3 is 14.9 Å². The number of carboxylic acid groups (broad SMARTS) is 1. The van der Waals surface area contributed by atoms with E-state index in [4.69, 9.17) is 9.84 Å². The number of aromatic nitrogens is 3. The molecule has 2 N–H and O–H groups in total. The van der Waals surface area contributed by atoms with Crippen LogP contribution in [0.4, 0.5) is 5.69 Å². The minimum Gasteiger partial charge on any atom is -0.478 e. The molecule has 0 spiro atoms. The van der Waals surface area contributed by atoms with Gasteiger partial charge in [-0.3, -0.25) is 0 Å². The Labute approximate surface area is 172 Å². The molecule has 2 heterocycles. The van der Waals surface area contributed by atoms with Crippen LogP contribution in [0.5, 0.6) is 0 Å². The summed E-state index contributed by atoms with van der Waals surface area (Å²) in [5.41, 5.74) is 3.68. The molecule has 0 aliphatic carbocycles. The highest BCUT2D eigenvalue weighted by atomic mass is 16.5. The van der Waals surface area contributed by atoms with E-state index in [0.717, 1.165) is 11.3 Å². The van der Waals surface area contributed by atoms with E-state index in [-0.39, 0.29) is 12.2 Å². The van der Waals surface area contributed by atoms with Gasteiger partial charge in [0.05, 0.1) is 29.3 Å². The van der Waals surface area contributed by atoms with Crippen LogP contribution in [0.3, 0.4) is 0 Å². The van der Waals surface area contributed by atoms with Crippen molar-refractivity contribution >= 4 is 23.4 Å². The number of hydrogen-bond acceptors (Lipinski definition) is 7. The van der Waals surface area contributed by atoms with Gasteiger partial charge in [0.2, 0.25) is 0 Å². The number of anilines is 1. The predicted molar refractivity (Wildman–Crippen MR) is 111 cm³/mol. The Hall–Kier alpha value is -3.82. The average Bonchev–Trinajstić information content (AvgIpc) is 3.39. The summed E-state index contributed by atoms with van der Waals surface area (Å²) >= 11 is 0. The standard InChI is InChI=1S/C21H19N5O4/c1-30-11-19-18(10-14-2-6-16(7-3-14)25-13-22-12-23-25)20(27)26(24-19)17-8-4-15(5-9-17)21(28)29/h2-10,12-13,20,27H,11H2,1H3,(H,28,29)/b18-10-. The number of aliphatic hydroxyl groups excluding tert-OH is 1. The van der Waals surface area contributed by atoms with Gasteiger partial charge in [0, 0.05) is 12.7 Å². The van der Waals surface area contributed by atoms with E-state index >= 15 is 0 Å². The Morgan fingerprint density at radius 2 is 1.83 bits per heavy atom. The minimum absolute atomic E-state index is 0.164. The molecular formula is C21H19N5O4. The van der Waals surface area contributed by atoms with Crippen LogP contribution in [-0.2, 0) is 4.74 Å². The van der Waals surface area contributed by atoms with Crippen molar-refractivity contribution in [2.45, 2.75) is 6.23 Å². The molecule has 1 unspecified atom stereocenters. The molecule has 30 heavy (non-hydrogen) atoms. The number of aromatic carboxylic acids is 1. The van der Waals surface area contributed by atoms with Crippen LogP contribution < -0.4 is 5.01 Å². The van der Waals surface area contributed by atoms with Gasteiger partial charge in [0.1, 0.15) is 12.7 Å². The molecule has 0 radical (unpaired) electrons. The van der Waals surface area contributed by atoms with Gasteiger partial charge >= 0.3 is 5.97 Å². The van der Waals surface area contributed by atoms with E-state index in [1.807, 2.05) is 30.3 Å². The fraction of sp³-hybridized carbons (Fsp3) is 0.143. The topological polar surface area (TPSA) is 113 Å². The van der Waals surface area contributed by atoms with Gasteiger partial charge in [-0.2, -0.15) is 10.2 Å². The molecule has 0 fully saturated rings. The molecule has 0 saturated heterocycles. The lowest BCUT2D eigenvalue weighted by Crippen LogP contribution is -2.27. The first kappa shape index (κ1) is 19.5. The van der Waals surface area contributed by atoms with Crippen molar-refractivity contribution in [1.29, 1.82) is 0 Å². The third kappa shape index (κ3) is 3.84. The molecule has 152 valence electrons. The zero-order valence-electron chi connectivity index (χ0n) is 16.1. The molecule has 3 aromatic rings. The van der Waals surface area contributed by atoms with E-state index < -0.39 is 12.2 Å². The van der Waals surface area contributed by atoms with Crippen LogP contribution in [-0.4, -0.2) is 56.6 Å². The van der Waals surface area contributed by atoms with Gasteiger partial charge in [0.15, 0.2) is 6.23 Å². The van der Waals surface area contributed by atoms with Crippen molar-refractivity contribution in [2.24, 2.45) is 5.10 Å². The summed E-state index contributed by atoms with van der Waals surface area (Å²) < 4.78 is 6.89. The van der Waals surface area contributed by atoms with E-state index in [2.05, 4.69) is 15.2 Å². The second-order valence-corrected chi connectivity index (χ2v) is 6.58. The predicted octanol–water partition coefficient (Wildman–Crippen LogP) is 2.19. The Kier molecular flexibility index (Phi) is 5.38. The molecule has 9 heteroatoms. The van der Waals surface area contributed by atoms with Gasteiger partial charge in [-0.15, -0.1) is 0 Å². The highest BCUT2D eigenvalue weighted by Crippen LogP contribution is 2.28. The number of benzene rings is 2. The zero-order chi connectivity index (χ0) is 21.1. The van der Waals surface area contributed by atoms with Gasteiger partial charge in [-0.1, -0.05) is 12.1 Å². The van der Waals surface area contributed by atoms with Crippen molar-refractivity contribution in [1.82, 2.24) is 14.8 Å². The number of hydrazone groups is 1. The van der Waals surface area contributed by atoms with Crippen molar-refractivity contribution in [3.05, 3.63) is 77.9 Å². The van der Waals surface area contributed by atoms with E-state index in [1.165, 1.54) is 23.5 Å². The van der Waals surface area contributed by atoms with Crippen LogP contribution in [0.15, 0.2) is 71.9 Å². The third-order valence-electron chi connectivity index (χ3n) is 4.63. The normalized spacial score (nSPS) is 17.4. The molecule has 1 aromatic heterocycles.